The van der Waals surface area contributed by atoms with Gasteiger partial charge in [-0.05, 0) is 307 Å². The van der Waals surface area contributed by atoms with Gasteiger partial charge in [-0.25, -0.2) is 20.3 Å². The van der Waals surface area contributed by atoms with Crippen LogP contribution in [-0.4, -0.2) is 434 Å². The van der Waals surface area contributed by atoms with Crippen molar-refractivity contribution in [2.75, 3.05) is 164 Å². The number of fused-ring (bicyclic) bond motifs is 5. The van der Waals surface area contributed by atoms with E-state index in [0.29, 0.717) is 53.7 Å². The highest BCUT2D eigenvalue weighted by atomic mass is 19.3. The Bertz CT molecular complexity index is 2830. The Morgan fingerprint density at radius 3 is 0.959 bits per heavy atom. The van der Waals surface area contributed by atoms with Crippen molar-refractivity contribution in [3.8, 4) is 6.07 Å². The Hall–Kier alpha value is -1.88. The van der Waals surface area contributed by atoms with Crippen LogP contribution in [0.15, 0.2) is 0 Å². The number of halogens is 2. The van der Waals surface area contributed by atoms with E-state index in [0.717, 1.165) is 168 Å². The Balaban J connectivity index is 0.000000214. The van der Waals surface area contributed by atoms with E-state index in [4.69, 9.17) is 11.8 Å². The minimum absolute atomic E-state index is 0.00139. The third-order valence-electron chi connectivity index (χ3n) is 31.3. The molecule has 0 amide bonds. The molecule has 12 atom stereocenters. The summed E-state index contributed by atoms with van der Waals surface area (Å²) in [6, 6.07) is 21.1. The Kier molecular flexibility index (Phi) is 45.9. The number of likely N-dealkylation sites (tertiary alicyclic amines) is 9. The predicted molar refractivity (Wildman–Crippen MR) is 522 cm³/mol. The van der Waals surface area contributed by atoms with Gasteiger partial charge in [-0.15, -0.1) is 0 Å². The molecule has 0 N–H and O–H groups in total. The number of piperazine rings is 5. The molecular weight excluding hydrogens is 1530 g/mol. The summed E-state index contributed by atoms with van der Waals surface area (Å²) < 4.78 is 25.1. The second-order valence-electron chi connectivity index (χ2n) is 45.0. The zero-order chi connectivity index (χ0) is 92.3. The molecule has 0 saturated carbocycles. The van der Waals surface area contributed by atoms with Gasteiger partial charge in [0.15, 0.2) is 0 Å². The molecule has 720 valence electrons. The topological polar surface area (TPSA) is 86.5 Å². The summed E-state index contributed by atoms with van der Waals surface area (Å²) in [4.78, 5) is 49.2. The largest absolute Gasteiger partial charge is 0.300 e. The van der Waals surface area contributed by atoms with Crippen LogP contribution < -0.4 is 0 Å². The first kappa shape index (κ1) is 110. The molecule has 1 spiro atoms. The van der Waals surface area contributed by atoms with E-state index in [-0.39, 0.29) is 24.7 Å². The molecule has 22 heteroatoms. The lowest BCUT2D eigenvalue weighted by molar-refractivity contribution is -0.135. The minimum Gasteiger partial charge on any atom is -0.300 e. The van der Waals surface area contributed by atoms with Gasteiger partial charge < -0.3 is 0 Å². The van der Waals surface area contributed by atoms with Gasteiger partial charge in [-0.1, -0.05) is 0 Å². The third-order valence-corrected chi connectivity index (χ3v) is 31.3. The first-order valence-corrected chi connectivity index (χ1v) is 51.1. The SMILES string of the molecule is CC(C)N1CC2(C1)CN(C(C)C)C2.CC(C)N1CC2CCC(C1)N2C.CC(C)N1CCC2C1CN2C(C)C.CC(C)N1CCCC2C1CN2C(C)C.CC(C)N1CCCC2C1CN2C(C)C.CC(C)N1CCN(C(C)C)C(C#N)C1.CC(C)N1CCN(C(C)C)C(C)C1.CC(C)N1CCN(C(C)C)C(CC(F)F)C1.[C-]#[N+]C1CN(C(C)C)CCN1C(C)C. The number of nitrogens with zero attached hydrogens (tertiary/aromatic N) is 20. The number of nitriles is 1. The summed E-state index contributed by atoms with van der Waals surface area (Å²) >= 11 is 0. The molecule has 14 fully saturated rings. The van der Waals surface area contributed by atoms with Crippen molar-refractivity contribution in [2.24, 2.45) is 5.41 Å². The molecule has 123 heavy (non-hydrogen) atoms. The van der Waals surface area contributed by atoms with Crippen LogP contribution in [-0.2, 0) is 0 Å². The van der Waals surface area contributed by atoms with E-state index in [2.05, 4.69) is 348 Å². The molecule has 14 saturated heterocycles. The van der Waals surface area contributed by atoms with Crippen molar-refractivity contribution >= 4 is 0 Å². The summed E-state index contributed by atoms with van der Waals surface area (Å²) in [5.74, 6) is 0. The molecule has 0 aromatic rings. The molecule has 2 bridgehead atoms. The average Bonchev–Trinajstić information content (AvgIpc) is 1.18. The highest BCUT2D eigenvalue weighted by molar-refractivity contribution is 5.09. The number of hydrogen-bond acceptors (Lipinski definition) is 19. The first-order valence-electron chi connectivity index (χ1n) is 51.1. The Labute approximate surface area is 760 Å². The normalized spacial score (nSPS) is 30.3. The zero-order valence-corrected chi connectivity index (χ0v) is 87.1. The second-order valence-corrected chi connectivity index (χ2v) is 45.0. The second kappa shape index (κ2) is 51.4. The molecular formula is C101H202F2N20. The number of piperidine rings is 2. The zero-order valence-electron chi connectivity index (χ0n) is 87.1. The van der Waals surface area contributed by atoms with Gasteiger partial charge in [0.25, 0.3) is 6.17 Å². The Morgan fingerprint density at radius 1 is 0.309 bits per heavy atom. The number of hydrogen-bond donors (Lipinski definition) is 0. The summed E-state index contributed by atoms with van der Waals surface area (Å²) in [5, 5.41) is 9.09. The molecule has 14 heterocycles. The van der Waals surface area contributed by atoms with E-state index in [1.54, 1.807) is 0 Å². The lowest BCUT2D eigenvalue weighted by Gasteiger charge is -2.62. The van der Waals surface area contributed by atoms with E-state index in [1.165, 1.54) is 143 Å². The Morgan fingerprint density at radius 2 is 0.626 bits per heavy atom. The van der Waals surface area contributed by atoms with Crippen LogP contribution in [0.3, 0.4) is 0 Å². The van der Waals surface area contributed by atoms with E-state index < -0.39 is 6.43 Å². The number of alkyl halides is 2. The maximum Gasteiger partial charge on any atom is 0.292 e. The van der Waals surface area contributed by atoms with Gasteiger partial charge in [-0.3, -0.25) is 88.1 Å². The van der Waals surface area contributed by atoms with Gasteiger partial charge >= 0.3 is 0 Å². The van der Waals surface area contributed by atoms with Crippen LogP contribution >= 0.6 is 0 Å². The molecule has 14 aliphatic heterocycles. The lowest BCUT2D eigenvalue weighted by Crippen LogP contribution is -2.73. The lowest BCUT2D eigenvalue weighted by atomic mass is 9.72. The van der Waals surface area contributed by atoms with Crippen molar-refractivity contribution < 1.29 is 8.78 Å². The van der Waals surface area contributed by atoms with Crippen LogP contribution in [0.25, 0.3) is 4.85 Å². The maximum atomic E-state index is 12.5. The monoisotopic (exact) mass is 1730 g/mol. The smallest absolute Gasteiger partial charge is 0.292 e. The van der Waals surface area contributed by atoms with Crippen molar-refractivity contribution in [1.82, 2.24) is 88.2 Å². The molecule has 0 aliphatic carbocycles. The van der Waals surface area contributed by atoms with Crippen molar-refractivity contribution in [3.05, 3.63) is 11.4 Å². The predicted octanol–water partition coefficient (Wildman–Crippen LogP) is 15.3. The van der Waals surface area contributed by atoms with Gasteiger partial charge in [0.1, 0.15) is 6.04 Å². The highest BCUT2D eigenvalue weighted by Crippen LogP contribution is 2.42. The van der Waals surface area contributed by atoms with Crippen LogP contribution in [0, 0.1) is 23.3 Å². The van der Waals surface area contributed by atoms with E-state index in [9.17, 15) is 8.78 Å². The average molecular weight is 1730 g/mol. The van der Waals surface area contributed by atoms with Crippen molar-refractivity contribution in [2.45, 2.75) is 475 Å². The maximum absolute atomic E-state index is 12.5. The summed E-state index contributed by atoms with van der Waals surface area (Å²) in [5.41, 5.74) is 0.703. The van der Waals surface area contributed by atoms with Crippen molar-refractivity contribution in [3.63, 3.8) is 0 Å². The van der Waals surface area contributed by atoms with Crippen LogP contribution in [0.5, 0.6) is 0 Å². The highest BCUT2D eigenvalue weighted by Gasteiger charge is 2.53. The number of likely N-dealkylation sites (N-methyl/N-ethyl adjacent to an activating group) is 1. The molecule has 12 unspecified atom stereocenters. The molecule has 14 aliphatic rings. The quantitative estimate of drug-likeness (QED) is 0.115. The molecule has 20 nitrogen and oxygen atoms in total. The fourth-order valence-corrected chi connectivity index (χ4v) is 23.0. The van der Waals surface area contributed by atoms with Crippen LogP contribution in [0.2, 0.25) is 0 Å². The molecule has 0 radical (unpaired) electrons. The van der Waals surface area contributed by atoms with Gasteiger partial charge in [0.05, 0.1) is 12.6 Å². The fourth-order valence-electron chi connectivity index (χ4n) is 23.0. The minimum atomic E-state index is -2.20. The van der Waals surface area contributed by atoms with E-state index in [1.807, 2.05) is 0 Å². The molecule has 14 rings (SSSR count). The standard InChI is InChI=1S/C12H24F2N2.2C12H24N2.2C11H21N3.2C11H22N2.C11H24N2.C10H20N2/c1-9(2)15-5-6-16(10(3)4)11(8-15)7-12(13)14;2*1-9(2)13-7-5-6-11-12(13)8-14(11)10(3)4;1-9(2)13-6-7-14(10(3)4)11(8-13)12-5;1-9(2)13-5-6-14(10(3)4)11(7-12)8-13;1-9(2)12-5-11(6-12)7-13(8-11)10(3)4;1-8(2)12-6-5-10-11(12)7-13(10)9(3)4;1-9(2)12-6-7-13(10(3)4)11(5)8-12;1-8(2)12-6-9-4-5-10(7-12)11(9)3/h9-12H,5-8H2,1-4H3;2*9-12H,5-8H2,1-4H3;9-11H,6-8H2,1-4H3;9-11H,5-6,8H2,1-4H3;9-10H,5-8H2,1-4H3;8-11H,5-7H2,1-4H3;9-11H,6-8H2,1-5H3;8-10H,4-7H2,1-3H3. The van der Waals surface area contributed by atoms with Crippen LogP contribution in [0.1, 0.15) is 294 Å². The molecule has 0 aromatic carbocycles. The van der Waals surface area contributed by atoms with Crippen molar-refractivity contribution in [1.29, 1.82) is 5.26 Å². The van der Waals surface area contributed by atoms with Gasteiger partial charge in [-0.2, -0.15) is 5.26 Å². The summed E-state index contributed by atoms with van der Waals surface area (Å²) in [6.07, 6.45) is 7.73. The summed E-state index contributed by atoms with van der Waals surface area (Å²) in [6.45, 7) is 115. The third kappa shape index (κ3) is 31.1. The van der Waals surface area contributed by atoms with Gasteiger partial charge in [0, 0.05) is 312 Å². The fraction of sp³-hybridized carbons (Fsp3) is 0.980. The van der Waals surface area contributed by atoms with Crippen LogP contribution in [0.4, 0.5) is 8.78 Å². The van der Waals surface area contributed by atoms with Gasteiger partial charge in [0.2, 0.25) is 6.43 Å². The summed E-state index contributed by atoms with van der Waals surface area (Å²) in [7, 11) is 2.29. The van der Waals surface area contributed by atoms with E-state index >= 15 is 0 Å². The first-order chi connectivity index (χ1) is 57.6. The molecule has 0 aromatic heterocycles. The number of rotatable bonds is 19.